The van der Waals surface area contributed by atoms with Gasteiger partial charge in [0, 0.05) is 10.6 Å². The van der Waals surface area contributed by atoms with E-state index in [2.05, 4.69) is 15.4 Å². The Balaban J connectivity index is 2.13. The lowest BCUT2D eigenvalue weighted by Crippen LogP contribution is -2.11. The molecule has 0 aliphatic heterocycles. The molecule has 2 rings (SSSR count). The lowest BCUT2D eigenvalue weighted by Gasteiger charge is -2.08. The van der Waals surface area contributed by atoms with E-state index >= 15 is 0 Å². The van der Waals surface area contributed by atoms with Gasteiger partial charge in [-0.1, -0.05) is 29.8 Å². The highest BCUT2D eigenvalue weighted by molar-refractivity contribution is 6.31. The largest absolute Gasteiger partial charge is 0.471 e. The summed E-state index contributed by atoms with van der Waals surface area (Å²) >= 11 is 5.95. The standard InChI is InChI=1S/C11H10ClFN4O/c12-8-4-2-1-3-7(8)6-18-10-9(13)5-15-11(16-10)17-14/h1-5H,6,14H2,(H,15,16,17). The van der Waals surface area contributed by atoms with Crippen LogP contribution in [0.15, 0.2) is 30.5 Å². The molecule has 2 aromatic rings. The number of hydrogen-bond acceptors (Lipinski definition) is 5. The van der Waals surface area contributed by atoms with E-state index in [-0.39, 0.29) is 18.4 Å². The number of halogens is 2. The highest BCUT2D eigenvalue weighted by atomic mass is 35.5. The fraction of sp³-hybridized carbons (Fsp3) is 0.0909. The number of anilines is 1. The summed E-state index contributed by atoms with van der Waals surface area (Å²) in [5.74, 6) is 4.35. The molecule has 0 fully saturated rings. The van der Waals surface area contributed by atoms with Crippen LogP contribution in [0.5, 0.6) is 5.88 Å². The first kappa shape index (κ1) is 12.5. The van der Waals surface area contributed by atoms with E-state index in [0.29, 0.717) is 5.02 Å². The maximum atomic E-state index is 13.4. The highest BCUT2D eigenvalue weighted by Crippen LogP contribution is 2.19. The number of benzene rings is 1. The Morgan fingerprint density at radius 1 is 1.39 bits per heavy atom. The van der Waals surface area contributed by atoms with Gasteiger partial charge in [0.1, 0.15) is 6.61 Å². The van der Waals surface area contributed by atoms with Crippen LogP contribution >= 0.6 is 11.6 Å². The van der Waals surface area contributed by atoms with Gasteiger partial charge in [0.2, 0.25) is 11.8 Å². The second-order valence-corrected chi connectivity index (χ2v) is 3.78. The molecule has 0 bridgehead atoms. The van der Waals surface area contributed by atoms with Gasteiger partial charge in [-0.05, 0) is 6.07 Å². The number of hydrogen-bond donors (Lipinski definition) is 2. The van der Waals surface area contributed by atoms with Crippen molar-refractivity contribution in [1.82, 2.24) is 9.97 Å². The second-order valence-electron chi connectivity index (χ2n) is 3.37. The van der Waals surface area contributed by atoms with Gasteiger partial charge in [-0.2, -0.15) is 9.37 Å². The van der Waals surface area contributed by atoms with Crippen LogP contribution in [0.3, 0.4) is 0 Å². The second kappa shape index (κ2) is 5.61. The maximum Gasteiger partial charge on any atom is 0.255 e. The van der Waals surface area contributed by atoms with Crippen LogP contribution in [0, 0.1) is 5.82 Å². The molecule has 18 heavy (non-hydrogen) atoms. The van der Waals surface area contributed by atoms with E-state index in [9.17, 15) is 4.39 Å². The van der Waals surface area contributed by atoms with Crippen LogP contribution in [-0.4, -0.2) is 9.97 Å². The van der Waals surface area contributed by atoms with Crippen LogP contribution in [0.4, 0.5) is 10.3 Å². The minimum Gasteiger partial charge on any atom is -0.471 e. The van der Waals surface area contributed by atoms with Gasteiger partial charge in [-0.15, -0.1) is 0 Å². The molecule has 94 valence electrons. The summed E-state index contributed by atoms with van der Waals surface area (Å²) in [5, 5.41) is 0.545. The Morgan fingerprint density at radius 2 is 2.17 bits per heavy atom. The molecule has 0 radical (unpaired) electrons. The highest BCUT2D eigenvalue weighted by Gasteiger charge is 2.09. The molecule has 0 atom stereocenters. The number of hydrazine groups is 1. The summed E-state index contributed by atoms with van der Waals surface area (Å²) in [5.41, 5.74) is 2.94. The molecule has 1 heterocycles. The molecular formula is C11H10ClFN4O. The lowest BCUT2D eigenvalue weighted by atomic mass is 10.2. The smallest absolute Gasteiger partial charge is 0.255 e. The van der Waals surface area contributed by atoms with Crippen LogP contribution in [0.25, 0.3) is 0 Å². The first-order chi connectivity index (χ1) is 8.70. The van der Waals surface area contributed by atoms with Crippen molar-refractivity contribution in [3.63, 3.8) is 0 Å². The van der Waals surface area contributed by atoms with E-state index < -0.39 is 5.82 Å². The van der Waals surface area contributed by atoms with E-state index in [1.165, 1.54) is 0 Å². The number of ether oxygens (including phenoxy) is 1. The van der Waals surface area contributed by atoms with Crippen molar-refractivity contribution in [2.24, 2.45) is 5.84 Å². The Hall–Kier alpha value is -1.92. The zero-order valence-corrected chi connectivity index (χ0v) is 9.99. The van der Waals surface area contributed by atoms with Crippen LogP contribution in [0.2, 0.25) is 5.02 Å². The van der Waals surface area contributed by atoms with Gasteiger partial charge in [0.05, 0.1) is 6.20 Å². The Morgan fingerprint density at radius 3 is 2.89 bits per heavy atom. The summed E-state index contributed by atoms with van der Waals surface area (Å²) < 4.78 is 18.6. The van der Waals surface area contributed by atoms with Crippen molar-refractivity contribution in [3.05, 3.63) is 46.9 Å². The lowest BCUT2D eigenvalue weighted by molar-refractivity contribution is 0.276. The number of nitrogen functional groups attached to an aromatic ring is 1. The van der Waals surface area contributed by atoms with Crippen molar-refractivity contribution in [2.75, 3.05) is 5.43 Å². The van der Waals surface area contributed by atoms with Gasteiger partial charge in [0.25, 0.3) is 5.88 Å². The molecule has 1 aromatic carbocycles. The maximum absolute atomic E-state index is 13.4. The predicted octanol–water partition coefficient (Wildman–Crippen LogP) is 2.13. The molecule has 0 saturated heterocycles. The number of rotatable bonds is 4. The van der Waals surface area contributed by atoms with Gasteiger partial charge in [-0.3, -0.25) is 5.43 Å². The number of aromatic nitrogens is 2. The molecule has 7 heteroatoms. The summed E-state index contributed by atoms with van der Waals surface area (Å²) in [6, 6.07) is 7.12. The number of nitrogens with one attached hydrogen (secondary N) is 1. The fourth-order valence-electron chi connectivity index (χ4n) is 1.28. The summed E-state index contributed by atoms with van der Waals surface area (Å²) in [6.45, 7) is 0.109. The van der Waals surface area contributed by atoms with Crippen molar-refractivity contribution >= 4 is 17.5 Å². The average molecular weight is 269 g/mol. The average Bonchev–Trinajstić information content (AvgIpc) is 2.39. The zero-order valence-electron chi connectivity index (χ0n) is 9.23. The summed E-state index contributed by atoms with van der Waals surface area (Å²) in [6.07, 6.45) is 0.976. The van der Waals surface area contributed by atoms with E-state index in [0.717, 1.165) is 11.8 Å². The zero-order chi connectivity index (χ0) is 13.0. The predicted molar refractivity (Wildman–Crippen MR) is 65.6 cm³/mol. The first-order valence-electron chi connectivity index (χ1n) is 5.06. The van der Waals surface area contributed by atoms with Crippen LogP contribution in [-0.2, 0) is 6.61 Å². The number of nitrogens with zero attached hydrogens (tertiary/aromatic N) is 2. The molecular weight excluding hydrogens is 259 g/mol. The van der Waals surface area contributed by atoms with E-state index in [1.807, 2.05) is 6.07 Å². The molecule has 0 spiro atoms. The third-order valence-electron chi connectivity index (χ3n) is 2.16. The molecule has 0 aliphatic rings. The van der Waals surface area contributed by atoms with Crippen molar-refractivity contribution in [2.45, 2.75) is 6.61 Å². The molecule has 0 saturated carbocycles. The fourth-order valence-corrected chi connectivity index (χ4v) is 1.47. The number of nitrogens with two attached hydrogens (primary N) is 1. The van der Waals surface area contributed by atoms with Gasteiger partial charge in [0.15, 0.2) is 0 Å². The van der Waals surface area contributed by atoms with Crippen molar-refractivity contribution in [3.8, 4) is 5.88 Å². The van der Waals surface area contributed by atoms with Crippen molar-refractivity contribution < 1.29 is 9.13 Å². The molecule has 0 aliphatic carbocycles. The molecule has 3 N–H and O–H groups in total. The van der Waals surface area contributed by atoms with E-state index in [4.69, 9.17) is 22.2 Å². The van der Waals surface area contributed by atoms with Crippen molar-refractivity contribution in [1.29, 1.82) is 0 Å². The Bertz CT molecular complexity index is 552. The molecule has 5 nitrogen and oxygen atoms in total. The van der Waals surface area contributed by atoms with E-state index in [1.54, 1.807) is 18.2 Å². The van der Waals surface area contributed by atoms with Crippen LogP contribution in [0.1, 0.15) is 5.56 Å². The third-order valence-corrected chi connectivity index (χ3v) is 2.53. The monoisotopic (exact) mass is 268 g/mol. The normalized spacial score (nSPS) is 10.2. The summed E-state index contributed by atoms with van der Waals surface area (Å²) in [4.78, 5) is 7.35. The van der Waals surface area contributed by atoms with Gasteiger partial charge in [-0.25, -0.2) is 10.8 Å². The minimum absolute atomic E-state index is 0.0746. The quantitative estimate of drug-likeness (QED) is 0.656. The van der Waals surface area contributed by atoms with Gasteiger partial charge >= 0.3 is 0 Å². The first-order valence-corrected chi connectivity index (χ1v) is 5.44. The Kier molecular flexibility index (Phi) is 3.91. The summed E-state index contributed by atoms with van der Waals surface area (Å²) in [7, 11) is 0. The molecule has 0 unspecified atom stereocenters. The Labute approximate surface area is 108 Å². The van der Waals surface area contributed by atoms with Crippen LogP contribution < -0.4 is 16.0 Å². The van der Waals surface area contributed by atoms with Gasteiger partial charge < -0.3 is 4.74 Å². The third kappa shape index (κ3) is 2.85. The SMILES string of the molecule is NNc1ncc(F)c(OCc2ccccc2Cl)n1. The molecule has 0 amide bonds. The minimum atomic E-state index is -0.666. The molecule has 1 aromatic heterocycles. The topological polar surface area (TPSA) is 73.1 Å².